The van der Waals surface area contributed by atoms with Gasteiger partial charge in [-0.1, -0.05) is 41.9 Å². The Morgan fingerprint density at radius 1 is 1.11 bits per heavy atom. The van der Waals surface area contributed by atoms with Gasteiger partial charge in [-0.3, -0.25) is 0 Å². The van der Waals surface area contributed by atoms with Crippen LogP contribution in [0.4, 0.5) is 5.13 Å². The van der Waals surface area contributed by atoms with Crippen LogP contribution >= 0.6 is 34.3 Å². The van der Waals surface area contributed by atoms with Crippen LogP contribution in [0.5, 0.6) is 0 Å². The zero-order valence-electron chi connectivity index (χ0n) is 9.97. The number of aromatic nitrogens is 1. The summed E-state index contributed by atoms with van der Waals surface area (Å²) in [5.74, 6) is 0. The molecule has 0 saturated carbocycles. The van der Waals surface area contributed by atoms with Crippen LogP contribution in [0.25, 0.3) is 10.6 Å². The topological polar surface area (TPSA) is 24.9 Å². The Labute approximate surface area is 124 Å². The molecule has 19 heavy (non-hydrogen) atoms. The molecule has 2 aromatic heterocycles. The van der Waals surface area contributed by atoms with E-state index in [2.05, 4.69) is 27.8 Å². The second-order valence-electron chi connectivity index (χ2n) is 3.98. The molecule has 3 aromatic rings. The van der Waals surface area contributed by atoms with E-state index in [0.29, 0.717) is 0 Å². The number of anilines is 1. The lowest BCUT2D eigenvalue weighted by Gasteiger charge is -2.01. The predicted molar refractivity (Wildman–Crippen MR) is 84.2 cm³/mol. The van der Waals surface area contributed by atoms with Crippen molar-refractivity contribution in [2.75, 3.05) is 5.32 Å². The van der Waals surface area contributed by atoms with E-state index in [1.807, 2.05) is 30.3 Å². The SMILES string of the molecule is Clc1ccc(-c2csc(NCc3ccccc3)n2)s1. The lowest BCUT2D eigenvalue weighted by molar-refractivity contribution is 1.14. The van der Waals surface area contributed by atoms with Crippen LogP contribution in [-0.2, 0) is 6.54 Å². The Morgan fingerprint density at radius 2 is 1.95 bits per heavy atom. The van der Waals surface area contributed by atoms with Gasteiger partial charge in [-0.05, 0) is 17.7 Å². The minimum Gasteiger partial charge on any atom is -0.357 e. The molecule has 2 heterocycles. The number of rotatable bonds is 4. The average Bonchev–Trinajstić information content (AvgIpc) is 3.06. The number of thiophene rings is 1. The van der Waals surface area contributed by atoms with E-state index in [0.717, 1.165) is 26.6 Å². The average molecular weight is 307 g/mol. The van der Waals surface area contributed by atoms with Gasteiger partial charge in [-0.25, -0.2) is 4.98 Å². The molecule has 0 saturated heterocycles. The van der Waals surface area contributed by atoms with Crippen LogP contribution in [0.1, 0.15) is 5.56 Å². The largest absolute Gasteiger partial charge is 0.357 e. The van der Waals surface area contributed by atoms with Crippen molar-refractivity contribution in [3.8, 4) is 10.6 Å². The van der Waals surface area contributed by atoms with Crippen molar-refractivity contribution >= 4 is 39.4 Å². The highest BCUT2D eigenvalue weighted by atomic mass is 35.5. The molecular formula is C14H11ClN2S2. The monoisotopic (exact) mass is 306 g/mol. The Kier molecular flexibility index (Phi) is 3.82. The molecule has 1 N–H and O–H groups in total. The molecule has 0 aliphatic heterocycles. The number of hydrogen-bond donors (Lipinski definition) is 1. The summed E-state index contributed by atoms with van der Waals surface area (Å²) < 4.78 is 0.793. The summed E-state index contributed by atoms with van der Waals surface area (Å²) in [7, 11) is 0. The summed E-state index contributed by atoms with van der Waals surface area (Å²) in [6.07, 6.45) is 0. The van der Waals surface area contributed by atoms with Crippen LogP contribution in [0.15, 0.2) is 47.8 Å². The number of thiazole rings is 1. The molecule has 96 valence electrons. The Balaban J connectivity index is 1.68. The number of benzene rings is 1. The molecule has 3 rings (SSSR count). The lowest BCUT2D eigenvalue weighted by Crippen LogP contribution is -1.98. The van der Waals surface area contributed by atoms with E-state index in [4.69, 9.17) is 11.6 Å². The number of halogens is 1. The fraction of sp³-hybridized carbons (Fsp3) is 0.0714. The van der Waals surface area contributed by atoms with Gasteiger partial charge in [0, 0.05) is 11.9 Å². The van der Waals surface area contributed by atoms with Crippen molar-refractivity contribution in [3.05, 3.63) is 57.7 Å². The Hall–Kier alpha value is -1.36. The third-order valence-corrected chi connectivity index (χ3v) is 4.67. The number of nitrogens with zero attached hydrogens (tertiary/aromatic N) is 1. The highest BCUT2D eigenvalue weighted by molar-refractivity contribution is 7.20. The third kappa shape index (κ3) is 3.15. The molecule has 0 bridgehead atoms. The van der Waals surface area contributed by atoms with Gasteiger partial charge in [0.1, 0.15) is 0 Å². The maximum absolute atomic E-state index is 5.94. The molecule has 1 aromatic carbocycles. The normalized spacial score (nSPS) is 10.6. The van der Waals surface area contributed by atoms with Crippen LogP contribution in [0.3, 0.4) is 0 Å². The molecule has 0 aliphatic carbocycles. The highest BCUT2D eigenvalue weighted by Crippen LogP contribution is 2.32. The van der Waals surface area contributed by atoms with E-state index in [-0.39, 0.29) is 0 Å². The molecule has 0 spiro atoms. The first kappa shape index (κ1) is 12.7. The first-order valence-corrected chi connectivity index (χ1v) is 7.88. The standard InChI is InChI=1S/C14H11ClN2S2/c15-13-7-6-12(19-13)11-9-18-14(17-11)16-8-10-4-2-1-3-5-10/h1-7,9H,8H2,(H,16,17). The highest BCUT2D eigenvalue weighted by Gasteiger charge is 2.06. The van der Waals surface area contributed by atoms with Gasteiger partial charge in [-0.2, -0.15) is 0 Å². The molecule has 5 heteroatoms. The maximum Gasteiger partial charge on any atom is 0.183 e. The second-order valence-corrected chi connectivity index (χ2v) is 6.55. The smallest absolute Gasteiger partial charge is 0.183 e. The van der Waals surface area contributed by atoms with E-state index in [1.165, 1.54) is 5.56 Å². The van der Waals surface area contributed by atoms with E-state index >= 15 is 0 Å². The van der Waals surface area contributed by atoms with Gasteiger partial charge in [0.15, 0.2) is 5.13 Å². The quantitative estimate of drug-likeness (QED) is 0.722. The summed E-state index contributed by atoms with van der Waals surface area (Å²) in [6, 6.07) is 14.2. The molecule has 0 aliphatic rings. The zero-order valence-corrected chi connectivity index (χ0v) is 12.4. The number of nitrogens with one attached hydrogen (secondary N) is 1. The lowest BCUT2D eigenvalue weighted by atomic mass is 10.2. The van der Waals surface area contributed by atoms with Gasteiger partial charge in [0.05, 0.1) is 14.9 Å². The van der Waals surface area contributed by atoms with Crippen molar-refractivity contribution in [1.82, 2.24) is 4.98 Å². The van der Waals surface area contributed by atoms with Crippen molar-refractivity contribution < 1.29 is 0 Å². The van der Waals surface area contributed by atoms with Gasteiger partial charge < -0.3 is 5.32 Å². The van der Waals surface area contributed by atoms with Crippen LogP contribution < -0.4 is 5.32 Å². The van der Waals surface area contributed by atoms with Gasteiger partial charge >= 0.3 is 0 Å². The van der Waals surface area contributed by atoms with Crippen molar-refractivity contribution in [2.45, 2.75) is 6.54 Å². The minimum absolute atomic E-state index is 0.791. The maximum atomic E-state index is 5.94. The van der Waals surface area contributed by atoms with E-state index < -0.39 is 0 Å². The van der Waals surface area contributed by atoms with Crippen molar-refractivity contribution in [1.29, 1.82) is 0 Å². The third-order valence-electron chi connectivity index (χ3n) is 2.62. The molecule has 0 atom stereocenters. The molecule has 0 fully saturated rings. The second kappa shape index (κ2) is 5.74. The van der Waals surface area contributed by atoms with Crippen molar-refractivity contribution in [3.63, 3.8) is 0 Å². The van der Waals surface area contributed by atoms with E-state index in [9.17, 15) is 0 Å². The molecule has 2 nitrogen and oxygen atoms in total. The van der Waals surface area contributed by atoms with Crippen LogP contribution in [-0.4, -0.2) is 4.98 Å². The molecule has 0 unspecified atom stereocenters. The van der Waals surface area contributed by atoms with Crippen LogP contribution in [0, 0.1) is 0 Å². The molecule has 0 amide bonds. The first-order valence-electron chi connectivity index (χ1n) is 5.80. The summed E-state index contributed by atoms with van der Waals surface area (Å²) in [5.41, 5.74) is 2.23. The zero-order chi connectivity index (χ0) is 13.1. The summed E-state index contributed by atoms with van der Waals surface area (Å²) in [4.78, 5) is 5.67. The first-order chi connectivity index (χ1) is 9.31. The Bertz CT molecular complexity index is 661. The van der Waals surface area contributed by atoms with E-state index in [1.54, 1.807) is 22.7 Å². The Morgan fingerprint density at radius 3 is 2.68 bits per heavy atom. The van der Waals surface area contributed by atoms with Gasteiger partial charge in [0.2, 0.25) is 0 Å². The minimum atomic E-state index is 0.791. The van der Waals surface area contributed by atoms with Crippen molar-refractivity contribution in [2.24, 2.45) is 0 Å². The van der Waals surface area contributed by atoms with Crippen LogP contribution in [0.2, 0.25) is 4.34 Å². The molecular weight excluding hydrogens is 296 g/mol. The molecule has 0 radical (unpaired) electrons. The predicted octanol–water partition coefficient (Wildman–Crippen LogP) is 5.14. The summed E-state index contributed by atoms with van der Waals surface area (Å²) in [6.45, 7) is 0.791. The summed E-state index contributed by atoms with van der Waals surface area (Å²) >= 11 is 9.10. The van der Waals surface area contributed by atoms with Gasteiger partial charge in [0.25, 0.3) is 0 Å². The fourth-order valence-electron chi connectivity index (χ4n) is 1.69. The van der Waals surface area contributed by atoms with Gasteiger partial charge in [-0.15, -0.1) is 22.7 Å². The fourth-order valence-corrected chi connectivity index (χ4v) is 3.48. The summed E-state index contributed by atoms with van der Waals surface area (Å²) in [5, 5.41) is 6.32. The number of hydrogen-bond acceptors (Lipinski definition) is 4.